The molecule has 0 radical (unpaired) electrons. The molecule has 1 amide bonds. The Bertz CT molecular complexity index is 815. The maximum Gasteiger partial charge on any atom is 0.340 e. The van der Waals surface area contributed by atoms with Gasteiger partial charge < -0.3 is 10.1 Å². The number of nitrogens with one attached hydrogen (secondary N) is 1. The molecular formula is C20H23NO4S. The average molecular weight is 373 g/mol. The molecule has 26 heavy (non-hydrogen) atoms. The smallest absolute Gasteiger partial charge is 0.340 e. The van der Waals surface area contributed by atoms with Gasteiger partial charge in [-0.05, 0) is 42.7 Å². The second-order valence-corrected chi connectivity index (χ2v) is 7.61. The fourth-order valence-electron chi connectivity index (χ4n) is 2.36. The number of hydrogen-bond donors (Lipinski definition) is 1. The molecular weight excluding hydrogens is 350 g/mol. The topological polar surface area (TPSA) is 72.5 Å². The Balaban J connectivity index is 2.02. The van der Waals surface area contributed by atoms with Gasteiger partial charge in [0.15, 0.2) is 6.10 Å². The highest BCUT2D eigenvalue weighted by molar-refractivity contribution is 7.84. The van der Waals surface area contributed by atoms with Crippen molar-refractivity contribution >= 4 is 28.4 Å². The maximum absolute atomic E-state index is 12.3. The van der Waals surface area contributed by atoms with Crippen LogP contribution in [0.25, 0.3) is 0 Å². The van der Waals surface area contributed by atoms with Crippen LogP contribution < -0.4 is 5.32 Å². The lowest BCUT2D eigenvalue weighted by molar-refractivity contribution is -0.123. The van der Waals surface area contributed by atoms with E-state index < -0.39 is 28.8 Å². The third-order valence-corrected chi connectivity index (χ3v) is 4.89. The zero-order valence-corrected chi connectivity index (χ0v) is 16.1. The van der Waals surface area contributed by atoms with Gasteiger partial charge >= 0.3 is 5.97 Å². The van der Waals surface area contributed by atoms with Crippen LogP contribution in [0.4, 0.5) is 5.69 Å². The van der Waals surface area contributed by atoms with Gasteiger partial charge in [-0.25, -0.2) is 4.79 Å². The molecule has 0 bridgehead atoms. The summed E-state index contributed by atoms with van der Waals surface area (Å²) in [6, 6.07) is 14.0. The van der Waals surface area contributed by atoms with E-state index in [1.807, 2.05) is 24.3 Å². The van der Waals surface area contributed by atoms with Crippen LogP contribution in [0, 0.1) is 0 Å². The highest BCUT2D eigenvalue weighted by Crippen LogP contribution is 2.18. The Morgan fingerprint density at radius 1 is 1.00 bits per heavy atom. The number of benzene rings is 2. The molecule has 0 aromatic heterocycles. The number of amides is 1. The van der Waals surface area contributed by atoms with Gasteiger partial charge in [0, 0.05) is 11.9 Å². The summed E-state index contributed by atoms with van der Waals surface area (Å²) in [4.78, 5) is 25.0. The summed E-state index contributed by atoms with van der Waals surface area (Å²) < 4.78 is 17.0. The summed E-state index contributed by atoms with van der Waals surface area (Å²) >= 11 is 0. The van der Waals surface area contributed by atoms with Crippen LogP contribution in [-0.2, 0) is 20.3 Å². The first-order valence-corrected chi connectivity index (χ1v) is 9.89. The van der Waals surface area contributed by atoms with E-state index in [0.717, 1.165) is 0 Å². The molecule has 2 atom stereocenters. The Hall–Kier alpha value is -2.47. The van der Waals surface area contributed by atoms with Crippen molar-refractivity contribution in [3.8, 4) is 0 Å². The zero-order valence-electron chi connectivity index (χ0n) is 15.3. The molecule has 0 fully saturated rings. The van der Waals surface area contributed by atoms with E-state index in [-0.39, 0.29) is 5.56 Å². The summed E-state index contributed by atoms with van der Waals surface area (Å²) in [5.41, 5.74) is 2.01. The number of carbonyl (C=O) groups excluding carboxylic acids is 2. The molecule has 6 heteroatoms. The van der Waals surface area contributed by atoms with Gasteiger partial charge in [0.1, 0.15) is 0 Å². The second kappa shape index (κ2) is 8.76. The van der Waals surface area contributed by atoms with Crippen LogP contribution in [0.15, 0.2) is 53.4 Å². The van der Waals surface area contributed by atoms with E-state index in [0.29, 0.717) is 16.5 Å². The lowest BCUT2D eigenvalue weighted by Crippen LogP contribution is -2.30. The summed E-state index contributed by atoms with van der Waals surface area (Å²) in [6.07, 6.45) is 0.508. The van der Waals surface area contributed by atoms with Crippen molar-refractivity contribution in [3.63, 3.8) is 0 Å². The van der Waals surface area contributed by atoms with Crippen molar-refractivity contribution in [2.24, 2.45) is 0 Å². The molecule has 5 nitrogen and oxygen atoms in total. The summed E-state index contributed by atoms with van der Waals surface area (Å²) in [5.74, 6) is -0.692. The van der Waals surface area contributed by atoms with E-state index in [2.05, 4.69) is 19.2 Å². The fraction of sp³-hybridized carbons (Fsp3) is 0.300. The molecule has 0 heterocycles. The first-order chi connectivity index (χ1) is 12.3. The van der Waals surface area contributed by atoms with Gasteiger partial charge in [-0.2, -0.15) is 0 Å². The summed E-state index contributed by atoms with van der Waals surface area (Å²) in [6.45, 7) is 5.69. The van der Waals surface area contributed by atoms with Crippen LogP contribution in [-0.4, -0.2) is 28.4 Å². The summed E-state index contributed by atoms with van der Waals surface area (Å²) in [7, 11) is -1.33. The number of rotatable bonds is 6. The molecule has 2 aromatic rings. The first-order valence-electron chi connectivity index (χ1n) is 8.34. The second-order valence-electron chi connectivity index (χ2n) is 6.26. The minimum atomic E-state index is -1.33. The van der Waals surface area contributed by atoms with Gasteiger partial charge in [0.25, 0.3) is 5.91 Å². The van der Waals surface area contributed by atoms with Crippen LogP contribution in [0.1, 0.15) is 42.6 Å². The summed E-state index contributed by atoms with van der Waals surface area (Å²) in [5, 5.41) is 2.73. The third kappa shape index (κ3) is 5.02. The van der Waals surface area contributed by atoms with Gasteiger partial charge in [-0.1, -0.05) is 38.1 Å². The maximum atomic E-state index is 12.3. The first kappa shape index (κ1) is 19.8. The fourth-order valence-corrected chi connectivity index (χ4v) is 3.09. The monoisotopic (exact) mass is 373 g/mol. The Kier molecular flexibility index (Phi) is 6.69. The van der Waals surface area contributed by atoms with Gasteiger partial charge in [0.2, 0.25) is 0 Å². The predicted molar refractivity (Wildman–Crippen MR) is 103 cm³/mol. The van der Waals surface area contributed by atoms with Crippen molar-refractivity contribution in [1.82, 2.24) is 0 Å². The van der Waals surface area contributed by atoms with Gasteiger partial charge in [-0.3, -0.25) is 9.00 Å². The van der Waals surface area contributed by atoms with Gasteiger partial charge in [-0.15, -0.1) is 0 Å². The number of esters is 1. The largest absolute Gasteiger partial charge is 0.449 e. The molecule has 0 aliphatic heterocycles. The molecule has 138 valence electrons. The molecule has 2 aromatic carbocycles. The van der Waals surface area contributed by atoms with Crippen molar-refractivity contribution in [3.05, 3.63) is 59.7 Å². The van der Waals surface area contributed by atoms with Crippen molar-refractivity contribution in [1.29, 1.82) is 0 Å². The van der Waals surface area contributed by atoms with Crippen LogP contribution in [0.3, 0.4) is 0 Å². The molecule has 1 N–H and O–H groups in total. The third-order valence-electron chi connectivity index (χ3n) is 3.91. The van der Waals surface area contributed by atoms with Crippen molar-refractivity contribution < 1.29 is 18.5 Å². The van der Waals surface area contributed by atoms with E-state index in [1.54, 1.807) is 18.2 Å². The molecule has 0 saturated carbocycles. The highest BCUT2D eigenvalue weighted by Gasteiger charge is 2.21. The minimum absolute atomic E-state index is 0.203. The van der Waals surface area contributed by atoms with Crippen LogP contribution in [0.2, 0.25) is 0 Å². The zero-order chi connectivity index (χ0) is 19.3. The van der Waals surface area contributed by atoms with E-state index in [1.165, 1.54) is 24.8 Å². The molecule has 0 saturated heterocycles. The average Bonchev–Trinajstić information content (AvgIpc) is 2.61. The number of hydrogen-bond acceptors (Lipinski definition) is 4. The van der Waals surface area contributed by atoms with E-state index in [4.69, 9.17) is 4.74 Å². The predicted octanol–water partition coefficient (Wildman–Crippen LogP) is 3.73. The lowest BCUT2D eigenvalue weighted by Gasteiger charge is -2.15. The number of ether oxygens (including phenoxy) is 1. The Labute approximate surface area is 156 Å². The normalized spacial score (nSPS) is 13.1. The number of anilines is 1. The standard InChI is InChI=1S/C20H23NO4S/c1-13(2)15-9-11-16(12-10-15)21-19(22)14(3)25-20(23)17-7-5-6-8-18(17)26(4)24/h5-14H,1-4H3,(H,21,22)/t14-,26+/m0/s1. The number of carbonyl (C=O) groups is 2. The molecule has 0 aliphatic carbocycles. The van der Waals surface area contributed by atoms with Crippen molar-refractivity contribution in [2.45, 2.75) is 37.7 Å². The lowest BCUT2D eigenvalue weighted by atomic mass is 10.0. The van der Waals surface area contributed by atoms with E-state index in [9.17, 15) is 13.8 Å². The quantitative estimate of drug-likeness (QED) is 0.783. The molecule has 2 rings (SSSR count). The highest BCUT2D eigenvalue weighted by atomic mass is 32.2. The molecule has 0 aliphatic rings. The van der Waals surface area contributed by atoms with Crippen LogP contribution in [0.5, 0.6) is 0 Å². The molecule has 0 unspecified atom stereocenters. The van der Waals surface area contributed by atoms with E-state index >= 15 is 0 Å². The van der Waals surface area contributed by atoms with Gasteiger partial charge in [0.05, 0.1) is 21.3 Å². The SMILES string of the molecule is CC(C)c1ccc(NC(=O)[C@H](C)OC(=O)c2ccccc2[S@@](C)=O)cc1. The minimum Gasteiger partial charge on any atom is -0.449 e. The molecule has 0 spiro atoms. The Morgan fingerprint density at radius 2 is 1.62 bits per heavy atom. The van der Waals surface area contributed by atoms with Crippen molar-refractivity contribution in [2.75, 3.05) is 11.6 Å². The van der Waals surface area contributed by atoms with Crippen LogP contribution >= 0.6 is 0 Å². The Morgan fingerprint density at radius 3 is 2.19 bits per heavy atom.